The topological polar surface area (TPSA) is 52.6 Å². The Labute approximate surface area is 111 Å². The van der Waals surface area contributed by atoms with Gasteiger partial charge in [0.2, 0.25) is 0 Å². The van der Waals surface area contributed by atoms with Crippen molar-refractivity contribution in [3.05, 3.63) is 35.9 Å². The van der Waals surface area contributed by atoms with E-state index in [4.69, 9.17) is 9.47 Å². The summed E-state index contributed by atoms with van der Waals surface area (Å²) < 4.78 is 10.6. The molecular weight excluding hydrogens is 244 g/mol. The highest BCUT2D eigenvalue weighted by Crippen LogP contribution is 2.41. The molecule has 1 aliphatic heterocycles. The van der Waals surface area contributed by atoms with Gasteiger partial charge in [-0.1, -0.05) is 30.3 Å². The second kappa shape index (κ2) is 5.03. The molecule has 2 aliphatic rings. The Kier molecular flexibility index (Phi) is 3.23. The predicted octanol–water partition coefficient (Wildman–Crippen LogP) is 2.07. The molecule has 0 radical (unpaired) electrons. The fourth-order valence-corrected chi connectivity index (χ4v) is 2.95. The van der Waals surface area contributed by atoms with Crippen LogP contribution in [0.3, 0.4) is 0 Å². The molecule has 0 spiro atoms. The smallest absolute Gasteiger partial charge is 0.313 e. The Morgan fingerprint density at radius 1 is 1.26 bits per heavy atom. The molecule has 2 unspecified atom stereocenters. The van der Waals surface area contributed by atoms with Crippen molar-refractivity contribution >= 4 is 11.9 Å². The number of esters is 2. The van der Waals surface area contributed by atoms with Crippen LogP contribution in [0, 0.1) is 11.8 Å². The average molecular weight is 260 g/mol. The van der Waals surface area contributed by atoms with Crippen molar-refractivity contribution < 1.29 is 19.1 Å². The van der Waals surface area contributed by atoms with Crippen LogP contribution < -0.4 is 0 Å². The van der Waals surface area contributed by atoms with Crippen molar-refractivity contribution in [3.8, 4) is 0 Å². The molecule has 1 aromatic rings. The zero-order valence-electron chi connectivity index (χ0n) is 10.6. The van der Waals surface area contributed by atoms with Crippen molar-refractivity contribution in [1.82, 2.24) is 0 Å². The molecule has 0 N–H and O–H groups in total. The molecule has 0 amide bonds. The number of carbonyl (C=O) groups excluding carboxylic acids is 2. The van der Waals surface area contributed by atoms with E-state index < -0.39 is 0 Å². The second-order valence-electron chi connectivity index (χ2n) is 5.20. The lowest BCUT2D eigenvalue weighted by atomic mass is 10.0. The summed E-state index contributed by atoms with van der Waals surface area (Å²) in [6, 6.07) is 9.58. The van der Waals surface area contributed by atoms with E-state index in [-0.39, 0.29) is 36.5 Å². The van der Waals surface area contributed by atoms with Crippen molar-refractivity contribution in [2.75, 3.05) is 0 Å². The average Bonchev–Trinajstić information content (AvgIpc) is 2.96. The molecule has 2 fully saturated rings. The second-order valence-corrected chi connectivity index (χ2v) is 5.20. The molecule has 3 atom stereocenters. The number of ether oxygens (including phenoxy) is 2. The Balaban J connectivity index is 1.58. The molecule has 0 bridgehead atoms. The highest BCUT2D eigenvalue weighted by Gasteiger charge is 2.48. The highest BCUT2D eigenvalue weighted by atomic mass is 16.6. The molecule has 1 aliphatic carbocycles. The molecule has 100 valence electrons. The number of hydrogen-bond donors (Lipinski definition) is 0. The zero-order valence-corrected chi connectivity index (χ0v) is 10.6. The van der Waals surface area contributed by atoms with E-state index in [0.717, 1.165) is 18.4 Å². The number of benzene rings is 1. The SMILES string of the molecule is O=C1CC2CC[C@H](C(=O)OCc3ccccc3)C2O1. The summed E-state index contributed by atoms with van der Waals surface area (Å²) in [5.74, 6) is -0.497. The minimum atomic E-state index is -0.278. The lowest BCUT2D eigenvalue weighted by molar-refractivity contribution is -0.156. The molecule has 0 aromatic heterocycles. The van der Waals surface area contributed by atoms with Gasteiger partial charge in [0, 0.05) is 5.92 Å². The summed E-state index contributed by atoms with van der Waals surface area (Å²) in [5.41, 5.74) is 0.966. The van der Waals surface area contributed by atoms with Gasteiger partial charge in [-0.3, -0.25) is 9.59 Å². The van der Waals surface area contributed by atoms with Gasteiger partial charge in [-0.05, 0) is 18.4 Å². The van der Waals surface area contributed by atoms with Crippen molar-refractivity contribution in [2.24, 2.45) is 11.8 Å². The Morgan fingerprint density at radius 3 is 2.84 bits per heavy atom. The number of carbonyl (C=O) groups is 2. The monoisotopic (exact) mass is 260 g/mol. The Hall–Kier alpha value is -1.84. The van der Waals surface area contributed by atoms with Gasteiger partial charge in [-0.2, -0.15) is 0 Å². The van der Waals surface area contributed by atoms with E-state index in [1.165, 1.54) is 0 Å². The van der Waals surface area contributed by atoms with Gasteiger partial charge in [-0.15, -0.1) is 0 Å². The summed E-state index contributed by atoms with van der Waals surface area (Å²) in [6.45, 7) is 0.279. The van der Waals surface area contributed by atoms with E-state index in [1.807, 2.05) is 30.3 Å². The van der Waals surface area contributed by atoms with Crippen LogP contribution in [0.5, 0.6) is 0 Å². The molecule has 1 saturated heterocycles. The third-order valence-electron chi connectivity index (χ3n) is 3.93. The van der Waals surface area contributed by atoms with E-state index in [0.29, 0.717) is 6.42 Å². The van der Waals surface area contributed by atoms with Gasteiger partial charge in [0.25, 0.3) is 0 Å². The van der Waals surface area contributed by atoms with Gasteiger partial charge in [-0.25, -0.2) is 0 Å². The van der Waals surface area contributed by atoms with Gasteiger partial charge >= 0.3 is 11.9 Å². The first-order valence-electron chi connectivity index (χ1n) is 6.64. The van der Waals surface area contributed by atoms with Crippen LogP contribution in [0.25, 0.3) is 0 Å². The van der Waals surface area contributed by atoms with E-state index in [9.17, 15) is 9.59 Å². The molecule has 1 heterocycles. The molecule has 4 heteroatoms. The predicted molar refractivity (Wildman–Crippen MR) is 66.9 cm³/mol. The van der Waals surface area contributed by atoms with Gasteiger partial charge in [0.15, 0.2) is 0 Å². The van der Waals surface area contributed by atoms with Crippen LogP contribution in [-0.4, -0.2) is 18.0 Å². The minimum absolute atomic E-state index is 0.185. The Morgan fingerprint density at radius 2 is 2.05 bits per heavy atom. The van der Waals surface area contributed by atoms with Crippen molar-refractivity contribution in [1.29, 1.82) is 0 Å². The third kappa shape index (κ3) is 2.48. The molecule has 4 nitrogen and oxygen atoms in total. The first-order chi connectivity index (χ1) is 9.24. The maximum atomic E-state index is 12.1. The minimum Gasteiger partial charge on any atom is -0.461 e. The number of fused-ring (bicyclic) bond motifs is 1. The summed E-state index contributed by atoms with van der Waals surface area (Å²) >= 11 is 0. The highest BCUT2D eigenvalue weighted by molar-refractivity contribution is 5.77. The first-order valence-corrected chi connectivity index (χ1v) is 6.64. The molecule has 1 aromatic carbocycles. The van der Waals surface area contributed by atoms with Gasteiger partial charge in [0.05, 0.1) is 12.3 Å². The number of rotatable bonds is 3. The molecular formula is C15H16O4. The van der Waals surface area contributed by atoms with Crippen molar-refractivity contribution in [3.63, 3.8) is 0 Å². The largest absolute Gasteiger partial charge is 0.461 e. The fourth-order valence-electron chi connectivity index (χ4n) is 2.95. The van der Waals surface area contributed by atoms with Crippen LogP contribution in [-0.2, 0) is 25.7 Å². The molecule has 1 saturated carbocycles. The fraction of sp³-hybridized carbons (Fsp3) is 0.467. The standard InChI is InChI=1S/C15H16O4/c16-13-8-11-6-7-12(14(11)19-13)15(17)18-9-10-4-2-1-3-5-10/h1-5,11-12,14H,6-9H2/t11?,12-,14?/m0/s1. The zero-order chi connectivity index (χ0) is 13.2. The van der Waals surface area contributed by atoms with Crippen LogP contribution in [0.15, 0.2) is 30.3 Å². The van der Waals surface area contributed by atoms with Gasteiger partial charge < -0.3 is 9.47 Å². The normalized spacial score (nSPS) is 28.8. The Bertz CT molecular complexity index is 482. The maximum Gasteiger partial charge on any atom is 0.313 e. The lowest BCUT2D eigenvalue weighted by Crippen LogP contribution is -2.28. The summed E-state index contributed by atoms with van der Waals surface area (Å²) in [5, 5.41) is 0. The molecule has 19 heavy (non-hydrogen) atoms. The van der Waals surface area contributed by atoms with E-state index in [2.05, 4.69) is 0 Å². The van der Waals surface area contributed by atoms with Crippen molar-refractivity contribution in [2.45, 2.75) is 32.0 Å². The van der Waals surface area contributed by atoms with Crippen LogP contribution in [0.1, 0.15) is 24.8 Å². The van der Waals surface area contributed by atoms with Crippen LogP contribution in [0.4, 0.5) is 0 Å². The van der Waals surface area contributed by atoms with Crippen LogP contribution >= 0.6 is 0 Å². The lowest BCUT2D eigenvalue weighted by Gasteiger charge is -2.16. The molecule has 3 rings (SSSR count). The maximum absolute atomic E-state index is 12.1. The quantitative estimate of drug-likeness (QED) is 0.781. The summed E-state index contributed by atoms with van der Waals surface area (Å²) in [7, 11) is 0. The van der Waals surface area contributed by atoms with E-state index >= 15 is 0 Å². The first kappa shape index (κ1) is 12.2. The van der Waals surface area contributed by atoms with Crippen LogP contribution in [0.2, 0.25) is 0 Å². The number of hydrogen-bond acceptors (Lipinski definition) is 4. The summed E-state index contributed by atoms with van der Waals surface area (Å²) in [6.07, 6.45) is 1.83. The van der Waals surface area contributed by atoms with E-state index in [1.54, 1.807) is 0 Å². The summed E-state index contributed by atoms with van der Waals surface area (Å²) in [4.78, 5) is 23.3. The third-order valence-corrected chi connectivity index (χ3v) is 3.93. The van der Waals surface area contributed by atoms with Gasteiger partial charge in [0.1, 0.15) is 12.7 Å².